The summed E-state index contributed by atoms with van der Waals surface area (Å²) in [6, 6.07) is 3.86. The summed E-state index contributed by atoms with van der Waals surface area (Å²) >= 11 is 0.472. The molecule has 1 heterocycles. The molecular formula is C18H23F2N5O2S2. The first-order valence-electron chi connectivity index (χ1n) is 8.74. The summed E-state index contributed by atoms with van der Waals surface area (Å²) in [7, 11) is -2.56. The highest BCUT2D eigenvalue weighted by Crippen LogP contribution is 2.27. The molecule has 2 aromatic rings. The highest BCUT2D eigenvalue weighted by atomic mass is 32.2. The maximum atomic E-state index is 14.6. The Morgan fingerprint density at radius 3 is 2.52 bits per heavy atom. The SMILES string of the molecule is CN[C@H](CNc1cc(F)c(S(=O)(=O)Nc2ncc(F)s2)cc1C#N)CC(C)(C)C. The summed E-state index contributed by atoms with van der Waals surface area (Å²) in [6.07, 6.45) is 1.68. The van der Waals surface area contributed by atoms with Crippen LogP contribution in [0.2, 0.25) is 0 Å². The molecule has 0 aliphatic rings. The molecule has 0 radical (unpaired) electrons. The number of nitriles is 1. The second-order valence-electron chi connectivity index (χ2n) is 7.65. The fourth-order valence-electron chi connectivity index (χ4n) is 2.72. The number of nitrogens with one attached hydrogen (secondary N) is 3. The lowest BCUT2D eigenvalue weighted by molar-refractivity contribution is 0.323. The maximum Gasteiger partial charge on any atom is 0.266 e. The van der Waals surface area contributed by atoms with Gasteiger partial charge in [0.05, 0.1) is 17.4 Å². The molecule has 158 valence electrons. The molecule has 29 heavy (non-hydrogen) atoms. The van der Waals surface area contributed by atoms with Crippen molar-refractivity contribution in [3.8, 4) is 6.07 Å². The monoisotopic (exact) mass is 443 g/mol. The van der Waals surface area contributed by atoms with Crippen molar-refractivity contribution >= 4 is 32.2 Å². The molecule has 7 nitrogen and oxygen atoms in total. The third-order valence-corrected chi connectivity index (χ3v) is 6.17. The van der Waals surface area contributed by atoms with Crippen molar-refractivity contribution < 1.29 is 17.2 Å². The van der Waals surface area contributed by atoms with Crippen molar-refractivity contribution in [2.75, 3.05) is 23.6 Å². The van der Waals surface area contributed by atoms with Gasteiger partial charge < -0.3 is 10.6 Å². The van der Waals surface area contributed by atoms with E-state index in [1.807, 2.05) is 17.8 Å². The van der Waals surface area contributed by atoms with Gasteiger partial charge >= 0.3 is 0 Å². The average molecular weight is 444 g/mol. The topological polar surface area (TPSA) is 107 Å². The number of hydrogen-bond acceptors (Lipinski definition) is 7. The zero-order valence-electron chi connectivity index (χ0n) is 16.5. The van der Waals surface area contributed by atoms with E-state index in [0.29, 0.717) is 17.9 Å². The number of aromatic nitrogens is 1. The van der Waals surface area contributed by atoms with Crippen molar-refractivity contribution in [2.24, 2.45) is 5.41 Å². The molecule has 0 unspecified atom stereocenters. The van der Waals surface area contributed by atoms with Gasteiger partial charge in [0.2, 0.25) is 0 Å². The number of thiazole rings is 1. The van der Waals surface area contributed by atoms with Crippen LogP contribution in [0.1, 0.15) is 32.8 Å². The van der Waals surface area contributed by atoms with Crippen LogP contribution in [0.15, 0.2) is 23.2 Å². The van der Waals surface area contributed by atoms with Gasteiger partial charge in [-0.2, -0.15) is 9.65 Å². The van der Waals surface area contributed by atoms with Crippen LogP contribution in [0.4, 0.5) is 19.6 Å². The van der Waals surface area contributed by atoms with Gasteiger partial charge in [0.1, 0.15) is 16.8 Å². The minimum Gasteiger partial charge on any atom is -0.382 e. The van der Waals surface area contributed by atoms with E-state index in [1.54, 1.807) is 0 Å². The van der Waals surface area contributed by atoms with Crippen molar-refractivity contribution in [3.05, 3.63) is 34.8 Å². The Labute approximate surface area is 173 Å². The fourth-order valence-corrected chi connectivity index (χ4v) is 4.59. The molecule has 2 rings (SSSR count). The second-order valence-corrected chi connectivity index (χ2v) is 10.3. The highest BCUT2D eigenvalue weighted by molar-refractivity contribution is 7.93. The minimum absolute atomic E-state index is 0.0253. The van der Waals surface area contributed by atoms with E-state index in [0.717, 1.165) is 24.8 Å². The lowest BCUT2D eigenvalue weighted by Crippen LogP contribution is -2.36. The fraction of sp³-hybridized carbons (Fsp3) is 0.444. The largest absolute Gasteiger partial charge is 0.382 e. The molecule has 0 aliphatic heterocycles. The normalized spacial score (nSPS) is 13.0. The molecule has 1 aromatic heterocycles. The van der Waals surface area contributed by atoms with Crippen LogP contribution in [0, 0.1) is 27.7 Å². The third kappa shape index (κ3) is 6.35. The number of likely N-dealkylation sites (N-methyl/N-ethyl adjacent to an activating group) is 1. The molecule has 0 spiro atoms. The molecule has 0 saturated carbocycles. The second kappa shape index (κ2) is 9.02. The summed E-state index contributed by atoms with van der Waals surface area (Å²) in [4.78, 5) is 2.84. The minimum atomic E-state index is -4.37. The van der Waals surface area contributed by atoms with Gasteiger partial charge in [-0.15, -0.1) is 0 Å². The van der Waals surface area contributed by atoms with Crippen LogP contribution in [0.25, 0.3) is 0 Å². The Morgan fingerprint density at radius 2 is 2.00 bits per heavy atom. The molecule has 0 bridgehead atoms. The van der Waals surface area contributed by atoms with Crippen LogP contribution in [-0.4, -0.2) is 33.0 Å². The van der Waals surface area contributed by atoms with E-state index in [4.69, 9.17) is 0 Å². The molecule has 0 aliphatic carbocycles. The number of anilines is 2. The standard InChI is InChI=1S/C18H23F2N5O2S2/c1-18(2,3)7-12(22-4)9-23-14-6-13(19)15(5-11(14)8-21)29(26,27)25-17-24-10-16(20)28-17/h5-6,10,12,22-23H,7,9H2,1-4H3,(H,24,25)/t12-/m0/s1. The number of halogens is 2. The first-order chi connectivity index (χ1) is 13.4. The molecule has 1 atom stereocenters. The van der Waals surface area contributed by atoms with Crippen molar-refractivity contribution in [3.63, 3.8) is 0 Å². The van der Waals surface area contributed by atoms with E-state index < -0.39 is 25.9 Å². The molecule has 0 amide bonds. The van der Waals surface area contributed by atoms with Crippen molar-refractivity contribution in [1.82, 2.24) is 10.3 Å². The summed E-state index contributed by atoms with van der Waals surface area (Å²) in [5.74, 6) is -1.03. The molecule has 11 heteroatoms. The molecule has 0 fully saturated rings. The Morgan fingerprint density at radius 1 is 1.31 bits per heavy atom. The van der Waals surface area contributed by atoms with E-state index in [-0.39, 0.29) is 27.8 Å². The highest BCUT2D eigenvalue weighted by Gasteiger charge is 2.24. The van der Waals surface area contributed by atoms with Gasteiger partial charge in [-0.25, -0.2) is 17.8 Å². The molecular weight excluding hydrogens is 420 g/mol. The van der Waals surface area contributed by atoms with Crippen molar-refractivity contribution in [2.45, 2.75) is 38.1 Å². The van der Waals surface area contributed by atoms with Crippen LogP contribution in [0.3, 0.4) is 0 Å². The summed E-state index contributed by atoms with van der Waals surface area (Å²) < 4.78 is 54.5. The Bertz CT molecular complexity index is 1010. The number of nitrogens with zero attached hydrogens (tertiary/aromatic N) is 2. The van der Waals surface area contributed by atoms with Crippen molar-refractivity contribution in [1.29, 1.82) is 5.26 Å². The zero-order chi connectivity index (χ0) is 21.8. The first kappa shape index (κ1) is 23.0. The first-order valence-corrected chi connectivity index (χ1v) is 11.0. The average Bonchev–Trinajstić information content (AvgIpc) is 3.01. The van der Waals surface area contributed by atoms with Gasteiger partial charge in [0.25, 0.3) is 10.0 Å². The maximum absolute atomic E-state index is 14.6. The van der Waals surface area contributed by atoms with E-state index in [1.165, 1.54) is 0 Å². The predicted octanol–water partition coefficient (Wildman–Crippen LogP) is 3.53. The van der Waals surface area contributed by atoms with Crippen LogP contribution >= 0.6 is 11.3 Å². The lowest BCUT2D eigenvalue weighted by Gasteiger charge is -2.26. The Balaban J connectivity index is 2.25. The number of hydrogen-bond donors (Lipinski definition) is 3. The smallest absolute Gasteiger partial charge is 0.266 e. The van der Waals surface area contributed by atoms with Gasteiger partial charge in [-0.1, -0.05) is 32.1 Å². The van der Waals surface area contributed by atoms with E-state index in [9.17, 15) is 22.5 Å². The van der Waals surface area contributed by atoms with Crippen LogP contribution in [0.5, 0.6) is 0 Å². The molecule has 1 aromatic carbocycles. The molecule has 3 N–H and O–H groups in total. The van der Waals surface area contributed by atoms with Gasteiger partial charge in [0, 0.05) is 12.6 Å². The summed E-state index contributed by atoms with van der Waals surface area (Å²) in [6.45, 7) is 6.71. The third-order valence-electron chi connectivity index (χ3n) is 3.99. The van der Waals surface area contributed by atoms with Gasteiger partial charge in [-0.05, 0) is 31.0 Å². The Kier molecular flexibility index (Phi) is 7.15. The van der Waals surface area contributed by atoms with E-state index in [2.05, 4.69) is 36.4 Å². The Hall–Kier alpha value is -2.29. The van der Waals surface area contributed by atoms with Gasteiger partial charge in [0.15, 0.2) is 10.3 Å². The zero-order valence-corrected chi connectivity index (χ0v) is 18.1. The van der Waals surface area contributed by atoms with Crippen LogP contribution < -0.4 is 15.4 Å². The number of benzene rings is 1. The summed E-state index contributed by atoms with van der Waals surface area (Å²) in [5.41, 5.74) is 0.235. The number of rotatable bonds is 8. The quantitative estimate of drug-likeness (QED) is 0.576. The predicted molar refractivity (Wildman–Crippen MR) is 109 cm³/mol. The number of sulfonamides is 1. The van der Waals surface area contributed by atoms with Gasteiger partial charge in [-0.3, -0.25) is 4.72 Å². The molecule has 0 saturated heterocycles. The van der Waals surface area contributed by atoms with Crippen LogP contribution in [-0.2, 0) is 10.0 Å². The summed E-state index contributed by atoms with van der Waals surface area (Å²) in [5, 5.41) is 14.7. The van der Waals surface area contributed by atoms with E-state index >= 15 is 0 Å². The lowest BCUT2D eigenvalue weighted by atomic mass is 9.88.